The van der Waals surface area contributed by atoms with Crippen LogP contribution in [0.15, 0.2) is 24.3 Å². The summed E-state index contributed by atoms with van der Waals surface area (Å²) in [4.78, 5) is 0. The molecule has 0 aromatic heterocycles. The Balaban J connectivity index is 2.19. The maximum atomic E-state index is 2.42. The van der Waals surface area contributed by atoms with Crippen LogP contribution in [0.25, 0.3) is 0 Å². The van der Waals surface area contributed by atoms with Gasteiger partial charge in [-0.25, -0.2) is 0 Å². The van der Waals surface area contributed by atoms with Gasteiger partial charge in [0, 0.05) is 0 Å². The summed E-state index contributed by atoms with van der Waals surface area (Å²) in [5.41, 5.74) is 0. The van der Waals surface area contributed by atoms with E-state index in [4.69, 9.17) is 0 Å². The molecule has 1 rings (SSSR count). The lowest BCUT2D eigenvalue weighted by Gasteiger charge is -1.98. The van der Waals surface area contributed by atoms with E-state index in [1.807, 2.05) is 0 Å². The van der Waals surface area contributed by atoms with E-state index in [0.717, 1.165) is 0 Å². The second-order valence-corrected chi connectivity index (χ2v) is 3.32. The zero-order chi connectivity index (χ0) is 8.49. The number of rotatable bonds is 0. The van der Waals surface area contributed by atoms with Gasteiger partial charge < -0.3 is 0 Å². The fourth-order valence-electron chi connectivity index (χ4n) is 1.40. The molecule has 12 heavy (non-hydrogen) atoms. The third-order valence-corrected chi connectivity index (χ3v) is 2.15. The molecule has 0 aliphatic heterocycles. The Morgan fingerprint density at radius 3 is 1.83 bits per heavy atom. The molecule has 0 saturated carbocycles. The number of hydrogen-bond acceptors (Lipinski definition) is 0. The van der Waals surface area contributed by atoms with Gasteiger partial charge in [-0.15, -0.1) is 0 Å². The van der Waals surface area contributed by atoms with Crippen molar-refractivity contribution in [2.24, 2.45) is 0 Å². The molecule has 0 unspecified atom stereocenters. The highest BCUT2D eigenvalue weighted by molar-refractivity contribution is 4.90. The topological polar surface area (TPSA) is 0 Å². The summed E-state index contributed by atoms with van der Waals surface area (Å²) < 4.78 is 0. The lowest BCUT2D eigenvalue weighted by molar-refractivity contribution is 0.774. The molecule has 0 spiro atoms. The molecule has 0 amide bonds. The van der Waals surface area contributed by atoms with Crippen LogP contribution in [0.3, 0.4) is 0 Å². The third-order valence-electron chi connectivity index (χ3n) is 2.15. The second-order valence-electron chi connectivity index (χ2n) is 3.32. The highest BCUT2D eigenvalue weighted by atomic mass is 13.9. The lowest BCUT2D eigenvalue weighted by atomic mass is 10.1. The molecule has 0 heteroatoms. The summed E-state index contributed by atoms with van der Waals surface area (Å²) in [6.07, 6.45) is 20.5. The van der Waals surface area contributed by atoms with Gasteiger partial charge in [-0.05, 0) is 51.4 Å². The van der Waals surface area contributed by atoms with Crippen LogP contribution in [0.2, 0.25) is 0 Å². The first kappa shape index (κ1) is 9.57. The smallest absolute Gasteiger partial charge is 0.0316 e. The van der Waals surface area contributed by atoms with Crippen molar-refractivity contribution in [3.63, 3.8) is 0 Å². The average Bonchev–Trinajstić information content (AvgIpc) is 2.05. The van der Waals surface area contributed by atoms with Crippen LogP contribution in [-0.4, -0.2) is 0 Å². The van der Waals surface area contributed by atoms with E-state index >= 15 is 0 Å². The van der Waals surface area contributed by atoms with Gasteiger partial charge >= 0.3 is 0 Å². The molecule has 0 nitrogen and oxygen atoms in total. The fourth-order valence-corrected chi connectivity index (χ4v) is 1.40. The van der Waals surface area contributed by atoms with Crippen molar-refractivity contribution in [2.75, 3.05) is 0 Å². The predicted octanol–water partition coefficient (Wildman–Crippen LogP) is 4.05. The van der Waals surface area contributed by atoms with E-state index in [-0.39, 0.29) is 0 Å². The van der Waals surface area contributed by atoms with Gasteiger partial charge in [-0.1, -0.05) is 24.3 Å². The van der Waals surface area contributed by atoms with Gasteiger partial charge in [0.2, 0.25) is 0 Å². The first-order valence-electron chi connectivity index (χ1n) is 5.12. The molecule has 1 aliphatic carbocycles. The van der Waals surface area contributed by atoms with Gasteiger partial charge in [0.1, 0.15) is 0 Å². The molecule has 0 aromatic carbocycles. The van der Waals surface area contributed by atoms with Gasteiger partial charge in [-0.2, -0.15) is 0 Å². The van der Waals surface area contributed by atoms with E-state index < -0.39 is 0 Å². The SMILES string of the molecule is [CH]1CCC=CCCC=CCCC1. The molecular formula is C12H19. The molecule has 0 fully saturated rings. The monoisotopic (exact) mass is 163 g/mol. The van der Waals surface area contributed by atoms with Gasteiger partial charge in [0.25, 0.3) is 0 Å². The van der Waals surface area contributed by atoms with Crippen molar-refractivity contribution in [3.05, 3.63) is 30.7 Å². The Morgan fingerprint density at radius 2 is 1.08 bits per heavy atom. The van der Waals surface area contributed by atoms with Crippen LogP contribution in [0.5, 0.6) is 0 Å². The normalized spacial score (nSPS) is 21.3. The van der Waals surface area contributed by atoms with E-state index in [0.29, 0.717) is 0 Å². The molecule has 0 saturated heterocycles. The van der Waals surface area contributed by atoms with Crippen molar-refractivity contribution < 1.29 is 0 Å². The summed E-state index contributed by atoms with van der Waals surface area (Å²) in [6, 6.07) is 0. The first-order chi connectivity index (χ1) is 6.00. The summed E-state index contributed by atoms with van der Waals surface area (Å²) >= 11 is 0. The highest BCUT2D eigenvalue weighted by Crippen LogP contribution is 2.07. The van der Waals surface area contributed by atoms with Gasteiger partial charge in [-0.3, -0.25) is 0 Å². The standard InChI is InChI=1S/C12H19/c1-2-4-6-8-10-12-11-9-7-5-3-1/h1-2,7-9H,3-6,10-12H2. The van der Waals surface area contributed by atoms with Crippen LogP contribution in [0.1, 0.15) is 44.9 Å². The highest BCUT2D eigenvalue weighted by Gasteiger charge is 1.89. The van der Waals surface area contributed by atoms with Crippen LogP contribution in [0.4, 0.5) is 0 Å². The predicted molar refractivity (Wildman–Crippen MR) is 54.9 cm³/mol. The van der Waals surface area contributed by atoms with Crippen LogP contribution < -0.4 is 0 Å². The minimum atomic E-state index is 1.22. The van der Waals surface area contributed by atoms with Crippen LogP contribution in [-0.2, 0) is 0 Å². The molecule has 0 bridgehead atoms. The first-order valence-corrected chi connectivity index (χ1v) is 5.12. The fraction of sp³-hybridized carbons (Fsp3) is 0.583. The van der Waals surface area contributed by atoms with E-state index in [9.17, 15) is 0 Å². The maximum Gasteiger partial charge on any atom is -0.0316 e. The molecule has 67 valence electrons. The Labute approximate surface area is 76.4 Å². The van der Waals surface area contributed by atoms with Gasteiger partial charge in [0.05, 0.1) is 0 Å². The zero-order valence-corrected chi connectivity index (χ0v) is 7.84. The molecule has 1 aliphatic rings. The summed E-state index contributed by atoms with van der Waals surface area (Å²) in [7, 11) is 0. The summed E-state index contributed by atoms with van der Waals surface area (Å²) in [5, 5.41) is 0. The largest absolute Gasteiger partial charge is 0.0885 e. The van der Waals surface area contributed by atoms with Crippen LogP contribution in [0, 0.1) is 6.42 Å². The van der Waals surface area contributed by atoms with E-state index in [2.05, 4.69) is 30.7 Å². The maximum absolute atomic E-state index is 2.42. The summed E-state index contributed by atoms with van der Waals surface area (Å²) in [6.45, 7) is 0. The number of allylic oxidation sites excluding steroid dienone is 4. The van der Waals surface area contributed by atoms with Crippen molar-refractivity contribution in [3.8, 4) is 0 Å². The second kappa shape index (κ2) is 7.15. The zero-order valence-electron chi connectivity index (χ0n) is 7.84. The molecular weight excluding hydrogens is 144 g/mol. The van der Waals surface area contributed by atoms with E-state index in [1.54, 1.807) is 0 Å². The number of hydrogen-bond donors (Lipinski definition) is 0. The summed E-state index contributed by atoms with van der Waals surface area (Å²) in [5.74, 6) is 0. The van der Waals surface area contributed by atoms with Gasteiger partial charge in [0.15, 0.2) is 0 Å². The lowest BCUT2D eigenvalue weighted by Crippen LogP contribution is -1.79. The van der Waals surface area contributed by atoms with E-state index in [1.165, 1.54) is 44.9 Å². The minimum Gasteiger partial charge on any atom is -0.0885 e. The van der Waals surface area contributed by atoms with Crippen molar-refractivity contribution >= 4 is 0 Å². The minimum absolute atomic E-state index is 1.22. The van der Waals surface area contributed by atoms with Crippen molar-refractivity contribution in [1.29, 1.82) is 0 Å². The molecule has 0 atom stereocenters. The molecule has 0 heterocycles. The Bertz CT molecular complexity index is 124. The average molecular weight is 163 g/mol. The molecule has 0 aromatic rings. The molecule has 1 radical (unpaired) electrons. The Morgan fingerprint density at radius 1 is 0.500 bits per heavy atom. The Kier molecular flexibility index (Phi) is 5.70. The Hall–Kier alpha value is -0.520. The van der Waals surface area contributed by atoms with Crippen LogP contribution >= 0.6 is 0 Å². The quantitative estimate of drug-likeness (QED) is 0.473. The molecule has 0 N–H and O–H groups in total. The van der Waals surface area contributed by atoms with Crippen molar-refractivity contribution in [2.45, 2.75) is 44.9 Å². The third kappa shape index (κ3) is 5.17. The van der Waals surface area contributed by atoms with Crippen molar-refractivity contribution in [1.82, 2.24) is 0 Å².